The van der Waals surface area contributed by atoms with E-state index in [-0.39, 0.29) is 11.2 Å². The number of rotatable bonds is 2. The zero-order valence-electron chi connectivity index (χ0n) is 19.3. The Morgan fingerprint density at radius 1 is 0.969 bits per heavy atom. The molecular formula is C28H32N2O2. The van der Waals surface area contributed by atoms with Crippen LogP contribution in [0.15, 0.2) is 54.6 Å². The topological polar surface area (TPSA) is 36.3 Å². The molecule has 4 heteroatoms. The molecule has 2 fully saturated rings. The van der Waals surface area contributed by atoms with Gasteiger partial charge in [-0.15, -0.1) is 0 Å². The van der Waals surface area contributed by atoms with E-state index in [9.17, 15) is 0 Å². The van der Waals surface area contributed by atoms with Crippen molar-refractivity contribution in [2.45, 2.75) is 57.7 Å². The number of nitrogens with zero attached hydrogens (tertiary/aromatic N) is 2. The van der Waals surface area contributed by atoms with E-state index in [1.807, 2.05) is 0 Å². The lowest BCUT2D eigenvalue weighted by molar-refractivity contribution is -0.234. The summed E-state index contributed by atoms with van der Waals surface area (Å²) >= 11 is 0. The van der Waals surface area contributed by atoms with Gasteiger partial charge < -0.3 is 14.0 Å². The summed E-state index contributed by atoms with van der Waals surface area (Å²) in [6, 6.07) is 19.5. The molecule has 3 aromatic rings. The van der Waals surface area contributed by atoms with Crippen LogP contribution >= 0.6 is 0 Å². The summed E-state index contributed by atoms with van der Waals surface area (Å²) < 4.78 is 14.8. The lowest BCUT2D eigenvalue weighted by Crippen LogP contribution is -2.55. The van der Waals surface area contributed by atoms with Gasteiger partial charge in [-0.05, 0) is 55.4 Å². The minimum atomic E-state index is -0.372. The van der Waals surface area contributed by atoms with E-state index in [0.29, 0.717) is 11.8 Å². The van der Waals surface area contributed by atoms with E-state index >= 15 is 0 Å². The van der Waals surface area contributed by atoms with E-state index in [1.165, 1.54) is 28.2 Å². The van der Waals surface area contributed by atoms with Gasteiger partial charge in [-0.3, -0.25) is 0 Å². The molecule has 1 spiro atoms. The third-order valence-electron chi connectivity index (χ3n) is 8.47. The van der Waals surface area contributed by atoms with Crippen LogP contribution in [0, 0.1) is 18.8 Å². The monoisotopic (exact) mass is 428 g/mol. The van der Waals surface area contributed by atoms with E-state index in [0.717, 1.165) is 44.7 Å². The molecule has 4 nitrogen and oxygen atoms in total. The van der Waals surface area contributed by atoms with Crippen LogP contribution in [0.4, 0.5) is 0 Å². The van der Waals surface area contributed by atoms with Gasteiger partial charge in [0.05, 0.1) is 18.9 Å². The molecule has 2 heterocycles. The lowest BCUT2D eigenvalue weighted by atomic mass is 9.55. The Morgan fingerprint density at radius 3 is 2.50 bits per heavy atom. The Balaban J connectivity index is 1.41. The molecule has 1 saturated heterocycles. The highest BCUT2D eigenvalue weighted by molar-refractivity contribution is 5.66. The smallest absolute Gasteiger partial charge is 0.171 e. The van der Waals surface area contributed by atoms with Crippen molar-refractivity contribution < 1.29 is 9.47 Å². The van der Waals surface area contributed by atoms with Crippen molar-refractivity contribution in [3.63, 3.8) is 0 Å². The van der Waals surface area contributed by atoms with Crippen LogP contribution in [-0.2, 0) is 21.3 Å². The van der Waals surface area contributed by atoms with Crippen molar-refractivity contribution in [3.8, 4) is 16.8 Å². The fourth-order valence-corrected chi connectivity index (χ4v) is 6.80. The van der Waals surface area contributed by atoms with Crippen LogP contribution in [0.3, 0.4) is 0 Å². The Bertz CT molecular complexity index is 1150. The van der Waals surface area contributed by atoms with Crippen molar-refractivity contribution in [2.24, 2.45) is 11.8 Å². The number of benzene rings is 2. The maximum atomic E-state index is 6.18. The maximum Gasteiger partial charge on any atom is 0.171 e. The van der Waals surface area contributed by atoms with Gasteiger partial charge in [-0.2, -0.15) is 0 Å². The molecule has 1 aromatic heterocycles. The van der Waals surface area contributed by atoms with Crippen LogP contribution in [0.1, 0.15) is 50.3 Å². The molecule has 2 aliphatic carbocycles. The minimum absolute atomic E-state index is 0.0700. The molecule has 166 valence electrons. The minimum Gasteiger partial charge on any atom is -0.347 e. The van der Waals surface area contributed by atoms with Crippen LogP contribution in [0.2, 0.25) is 0 Å². The standard InChI is InChI=1S/C28H32N2O2/c1-19-24-12-13-25-26(27(24,3)14-15-28(19)31-16-17-32-28)29-20(2)30(25)23-11-7-10-22(18-23)21-8-5-4-6-9-21/h4-11,18-19,24H,12-17H2,1-3H3/t19-,24-,27-/m0/s1. The number of fused-ring (bicyclic) bond motifs is 3. The van der Waals surface area contributed by atoms with E-state index in [1.54, 1.807) is 0 Å². The second kappa shape index (κ2) is 7.29. The van der Waals surface area contributed by atoms with Gasteiger partial charge in [0, 0.05) is 29.1 Å². The summed E-state index contributed by atoms with van der Waals surface area (Å²) in [7, 11) is 0. The van der Waals surface area contributed by atoms with E-state index in [4.69, 9.17) is 14.5 Å². The van der Waals surface area contributed by atoms with Gasteiger partial charge in [0.25, 0.3) is 0 Å². The molecule has 0 radical (unpaired) electrons. The van der Waals surface area contributed by atoms with Crippen LogP contribution in [-0.4, -0.2) is 28.6 Å². The second-order valence-corrected chi connectivity index (χ2v) is 10.1. The molecule has 1 aliphatic heterocycles. The molecule has 3 aliphatic rings. The quantitative estimate of drug-likeness (QED) is 0.514. The van der Waals surface area contributed by atoms with Crippen molar-refractivity contribution in [3.05, 3.63) is 71.8 Å². The molecule has 0 N–H and O–H groups in total. The van der Waals surface area contributed by atoms with Crippen molar-refractivity contribution >= 4 is 0 Å². The molecule has 6 rings (SSSR count). The first-order chi connectivity index (χ1) is 15.5. The van der Waals surface area contributed by atoms with Crippen molar-refractivity contribution in [2.75, 3.05) is 13.2 Å². The van der Waals surface area contributed by atoms with Gasteiger partial charge >= 0.3 is 0 Å². The summed E-state index contributed by atoms with van der Waals surface area (Å²) in [5, 5.41) is 0. The van der Waals surface area contributed by atoms with Gasteiger partial charge in [0.2, 0.25) is 0 Å². The summed E-state index contributed by atoms with van der Waals surface area (Å²) in [5.74, 6) is 1.62. The van der Waals surface area contributed by atoms with Gasteiger partial charge in [-0.1, -0.05) is 56.3 Å². The van der Waals surface area contributed by atoms with Crippen LogP contribution in [0.5, 0.6) is 0 Å². The second-order valence-electron chi connectivity index (χ2n) is 10.1. The average molecular weight is 429 g/mol. The van der Waals surface area contributed by atoms with E-state index in [2.05, 4.69) is 79.9 Å². The van der Waals surface area contributed by atoms with E-state index < -0.39 is 0 Å². The maximum absolute atomic E-state index is 6.18. The summed E-state index contributed by atoms with van der Waals surface area (Å²) in [4.78, 5) is 5.22. The highest BCUT2D eigenvalue weighted by Crippen LogP contribution is 2.57. The van der Waals surface area contributed by atoms with Gasteiger partial charge in [0.1, 0.15) is 5.82 Å². The Labute approximate surface area is 190 Å². The molecule has 2 aromatic carbocycles. The number of imidazole rings is 1. The van der Waals surface area contributed by atoms with Crippen molar-refractivity contribution in [1.82, 2.24) is 9.55 Å². The fraction of sp³-hybridized carbons (Fsp3) is 0.464. The molecule has 3 atom stereocenters. The third kappa shape index (κ3) is 2.85. The number of aryl methyl sites for hydroxylation is 1. The largest absolute Gasteiger partial charge is 0.347 e. The summed E-state index contributed by atoms with van der Waals surface area (Å²) in [6.07, 6.45) is 4.22. The Kier molecular flexibility index (Phi) is 4.60. The zero-order chi connectivity index (χ0) is 21.9. The highest BCUT2D eigenvalue weighted by Gasteiger charge is 2.58. The number of aromatic nitrogens is 2. The van der Waals surface area contributed by atoms with Gasteiger partial charge in [0.15, 0.2) is 5.79 Å². The molecule has 1 saturated carbocycles. The van der Waals surface area contributed by atoms with Crippen LogP contribution < -0.4 is 0 Å². The number of ether oxygens (including phenoxy) is 2. The first-order valence-corrected chi connectivity index (χ1v) is 12.0. The summed E-state index contributed by atoms with van der Waals surface area (Å²) in [6.45, 7) is 8.38. The fourth-order valence-electron chi connectivity index (χ4n) is 6.80. The SMILES string of the molecule is Cc1nc2c(n1-c1cccc(-c3ccccc3)c1)CC[C@H]1[C@H](C)C3(CC[C@]21C)OCCO3. The Hall–Kier alpha value is -2.43. The van der Waals surface area contributed by atoms with Crippen molar-refractivity contribution in [1.29, 1.82) is 0 Å². The molecule has 32 heavy (non-hydrogen) atoms. The zero-order valence-corrected chi connectivity index (χ0v) is 19.3. The first-order valence-electron chi connectivity index (χ1n) is 12.0. The van der Waals surface area contributed by atoms with Gasteiger partial charge in [-0.25, -0.2) is 4.98 Å². The normalized spacial score (nSPS) is 28.5. The molecule has 0 amide bonds. The predicted molar refractivity (Wildman–Crippen MR) is 126 cm³/mol. The average Bonchev–Trinajstić information content (AvgIpc) is 3.43. The molecule has 0 bridgehead atoms. The van der Waals surface area contributed by atoms with Crippen LogP contribution in [0.25, 0.3) is 16.8 Å². The first kappa shape index (κ1) is 20.2. The molecule has 0 unspecified atom stereocenters. The summed E-state index contributed by atoms with van der Waals surface area (Å²) in [5.41, 5.74) is 6.46. The molecular weight excluding hydrogens is 396 g/mol. The Morgan fingerprint density at radius 2 is 1.72 bits per heavy atom. The third-order valence-corrected chi connectivity index (χ3v) is 8.47. The highest BCUT2D eigenvalue weighted by atomic mass is 16.7. The predicted octanol–water partition coefficient (Wildman–Crippen LogP) is 5.84. The number of hydrogen-bond donors (Lipinski definition) is 0. The lowest BCUT2D eigenvalue weighted by Gasteiger charge is -2.53. The number of hydrogen-bond acceptors (Lipinski definition) is 3.